The predicted molar refractivity (Wildman–Crippen MR) is 171 cm³/mol. The smallest absolute Gasteiger partial charge is 0.217 e. The minimum absolute atomic E-state index is 0.114. The van der Waals surface area contributed by atoms with Crippen LogP contribution in [0.4, 0.5) is 4.39 Å². The number of nitrogens with two attached hydrogens (primary N) is 1. The minimum Gasteiger partial charge on any atom is -0.394 e. The molecular weight excluding hydrogens is 739 g/mol. The zero-order valence-electron chi connectivity index (χ0n) is 29.5. The Balaban J connectivity index is 1.46. The molecular formula is C31H55FN2O20. The Bertz CT molecular complexity index is 1130. The summed E-state index contributed by atoms with van der Waals surface area (Å²) in [5.41, 5.74) is 5.46. The van der Waals surface area contributed by atoms with Crippen LogP contribution in [0.5, 0.6) is 0 Å². The maximum absolute atomic E-state index is 14.1. The molecule has 14 N–H and O–H groups in total. The molecule has 4 aliphatic rings. The van der Waals surface area contributed by atoms with Crippen LogP contribution < -0.4 is 11.1 Å². The summed E-state index contributed by atoms with van der Waals surface area (Å²) in [4.78, 5) is 11.9. The van der Waals surface area contributed by atoms with Crippen LogP contribution in [0.3, 0.4) is 0 Å². The Labute approximate surface area is 309 Å². The third-order valence-corrected chi connectivity index (χ3v) is 9.69. The molecule has 4 saturated heterocycles. The normalized spacial score (nSPS) is 46.0. The summed E-state index contributed by atoms with van der Waals surface area (Å²) in [5.74, 6) is -0.694. The van der Waals surface area contributed by atoms with E-state index in [0.717, 1.165) is 19.8 Å². The third kappa shape index (κ3) is 10.4. The second-order valence-electron chi connectivity index (χ2n) is 13.5. The van der Waals surface area contributed by atoms with Gasteiger partial charge in [-0.3, -0.25) is 4.79 Å². The Morgan fingerprint density at radius 3 is 1.67 bits per heavy atom. The maximum Gasteiger partial charge on any atom is 0.217 e. The molecule has 0 aromatic rings. The highest BCUT2D eigenvalue weighted by Crippen LogP contribution is 2.34. The van der Waals surface area contributed by atoms with Gasteiger partial charge in [0.2, 0.25) is 5.91 Å². The van der Waals surface area contributed by atoms with Gasteiger partial charge >= 0.3 is 0 Å². The molecule has 0 aliphatic carbocycles. The topological polar surface area (TPSA) is 351 Å². The number of carbonyl (C=O) groups excluding carboxylic acids is 1. The van der Waals surface area contributed by atoms with E-state index in [2.05, 4.69) is 5.32 Å². The second-order valence-corrected chi connectivity index (χ2v) is 13.5. The van der Waals surface area contributed by atoms with Crippen molar-refractivity contribution in [3.05, 3.63) is 0 Å². The van der Waals surface area contributed by atoms with Crippen LogP contribution in [-0.2, 0) is 42.7 Å². The van der Waals surface area contributed by atoms with Gasteiger partial charge in [-0.05, 0) is 25.8 Å². The molecule has 22 nitrogen and oxygen atoms in total. The van der Waals surface area contributed by atoms with E-state index in [0.29, 0.717) is 13.0 Å². The lowest BCUT2D eigenvalue weighted by atomic mass is 9.95. The van der Waals surface area contributed by atoms with Gasteiger partial charge in [0, 0.05) is 13.5 Å². The molecule has 20 atom stereocenters. The number of nitrogens with one attached hydrogen (secondary N) is 1. The van der Waals surface area contributed by atoms with E-state index in [1.807, 2.05) is 0 Å². The van der Waals surface area contributed by atoms with Gasteiger partial charge in [0.15, 0.2) is 25.2 Å². The van der Waals surface area contributed by atoms with Gasteiger partial charge in [-0.1, -0.05) is 0 Å². The fourth-order valence-corrected chi connectivity index (χ4v) is 6.67. The molecule has 0 spiro atoms. The van der Waals surface area contributed by atoms with Crippen molar-refractivity contribution in [2.45, 2.75) is 149 Å². The highest BCUT2D eigenvalue weighted by Gasteiger charge is 2.55. The van der Waals surface area contributed by atoms with Gasteiger partial charge in [0.1, 0.15) is 104 Å². The summed E-state index contributed by atoms with van der Waals surface area (Å²) in [6.45, 7) is -2.20. The Hall–Kier alpha value is -1.40. The lowest BCUT2D eigenvalue weighted by Gasteiger charge is -2.49. The number of alkyl halides is 1. The SMILES string of the molecule is CC(=O)NC1[C@H](O[C@@H]2C(O)[C@@H](O[C@H]3C(CO)O[C@@H](O[C@@H]4C(CF)O[C@@H](OCCCCCN)C(O)[C@H]4O)C(O)[C@H]3O)OC(CO)[C@@H]2O)OC(CO)[C@H](O)[C@@H]1O. The number of carbonyl (C=O) groups is 1. The molecule has 4 heterocycles. The highest BCUT2D eigenvalue weighted by atomic mass is 19.1. The number of hydrogen-bond donors (Lipinski definition) is 13. The Morgan fingerprint density at radius 2 is 1.09 bits per heavy atom. The average molecular weight is 795 g/mol. The fraction of sp³-hybridized carbons (Fsp3) is 0.968. The van der Waals surface area contributed by atoms with Crippen molar-refractivity contribution in [2.75, 3.05) is 39.6 Å². The van der Waals surface area contributed by atoms with E-state index in [4.69, 9.17) is 43.6 Å². The van der Waals surface area contributed by atoms with E-state index in [9.17, 15) is 65.4 Å². The number of aliphatic hydroxyl groups is 11. The lowest BCUT2D eigenvalue weighted by molar-refractivity contribution is -0.386. The molecule has 0 aromatic heterocycles. The molecule has 0 saturated carbocycles. The molecule has 8 unspecified atom stereocenters. The minimum atomic E-state index is -2.05. The van der Waals surface area contributed by atoms with E-state index in [-0.39, 0.29) is 6.61 Å². The first-order chi connectivity index (χ1) is 25.7. The van der Waals surface area contributed by atoms with Gasteiger partial charge in [-0.15, -0.1) is 0 Å². The number of aliphatic hydroxyl groups excluding tert-OH is 11. The van der Waals surface area contributed by atoms with Crippen LogP contribution in [0.2, 0.25) is 0 Å². The Kier molecular flexibility index (Phi) is 17.5. The maximum atomic E-state index is 14.1. The standard InChI is InChI=1S/C31H55FN2O20/c1-11(38)34-16-19(41)17(39)13(8-35)49-28(16)54-27-18(40)14(9-36)50-31(24(27)46)53-26-15(10-37)51-30(23(45)21(26)43)52-25-12(7-32)48-29(22(44)20(25)42)47-6-4-2-3-5-33/h12-31,35-37,39-46H,2-10,33H2,1H3,(H,34,38)/t12?,13?,14?,15?,16?,17-,18-,19+,20+,21+,22?,23?,24?,25+,26-,27-,28-,29+,30-,31+/m0/s1. The van der Waals surface area contributed by atoms with Gasteiger partial charge in [-0.25, -0.2) is 4.39 Å². The number of rotatable bonds is 17. The number of hydrogen-bond acceptors (Lipinski definition) is 21. The average Bonchev–Trinajstić information content (AvgIpc) is 3.15. The molecule has 0 bridgehead atoms. The van der Waals surface area contributed by atoms with Crippen LogP contribution >= 0.6 is 0 Å². The first-order valence-electron chi connectivity index (χ1n) is 17.7. The third-order valence-electron chi connectivity index (χ3n) is 9.69. The van der Waals surface area contributed by atoms with Crippen molar-refractivity contribution in [1.82, 2.24) is 5.32 Å². The number of halogens is 1. The van der Waals surface area contributed by atoms with Crippen molar-refractivity contribution in [1.29, 1.82) is 0 Å². The highest BCUT2D eigenvalue weighted by molar-refractivity contribution is 5.73. The van der Waals surface area contributed by atoms with Crippen molar-refractivity contribution >= 4 is 5.91 Å². The quantitative estimate of drug-likeness (QED) is 0.0608. The molecule has 4 aliphatic heterocycles. The largest absolute Gasteiger partial charge is 0.394 e. The van der Waals surface area contributed by atoms with Gasteiger partial charge in [0.05, 0.1) is 19.8 Å². The first-order valence-corrected chi connectivity index (χ1v) is 17.7. The molecule has 4 rings (SSSR count). The first kappa shape index (κ1) is 45.3. The number of amides is 1. The van der Waals surface area contributed by atoms with Crippen LogP contribution in [-0.4, -0.2) is 224 Å². The molecule has 0 aromatic carbocycles. The zero-order valence-corrected chi connectivity index (χ0v) is 29.5. The summed E-state index contributed by atoms with van der Waals surface area (Å²) in [6, 6.07) is -1.50. The van der Waals surface area contributed by atoms with E-state index in [1.165, 1.54) is 0 Å². The zero-order chi connectivity index (χ0) is 39.9. The monoisotopic (exact) mass is 794 g/mol. The fourth-order valence-electron chi connectivity index (χ4n) is 6.67. The van der Waals surface area contributed by atoms with Crippen LogP contribution in [0.25, 0.3) is 0 Å². The molecule has 1 amide bonds. The lowest BCUT2D eigenvalue weighted by Crippen LogP contribution is -2.69. The number of ether oxygens (including phenoxy) is 8. The van der Waals surface area contributed by atoms with Gasteiger partial charge < -0.3 is 105 Å². The van der Waals surface area contributed by atoms with Crippen molar-refractivity contribution < 1.29 is 103 Å². The number of unbranched alkanes of at least 4 members (excludes halogenated alkanes) is 2. The molecule has 4 fully saturated rings. The second kappa shape index (κ2) is 20.9. The summed E-state index contributed by atoms with van der Waals surface area (Å²) in [5, 5.41) is 119. The van der Waals surface area contributed by atoms with Crippen molar-refractivity contribution in [3.63, 3.8) is 0 Å². The van der Waals surface area contributed by atoms with Gasteiger partial charge in [-0.2, -0.15) is 0 Å². The predicted octanol–water partition coefficient (Wildman–Crippen LogP) is -7.47. The van der Waals surface area contributed by atoms with E-state index >= 15 is 0 Å². The van der Waals surface area contributed by atoms with Crippen LogP contribution in [0.15, 0.2) is 0 Å². The van der Waals surface area contributed by atoms with Crippen molar-refractivity contribution in [3.8, 4) is 0 Å². The summed E-state index contributed by atoms with van der Waals surface area (Å²) in [7, 11) is 0. The Morgan fingerprint density at radius 1 is 0.593 bits per heavy atom. The molecule has 23 heteroatoms. The summed E-state index contributed by atoms with van der Waals surface area (Å²) >= 11 is 0. The van der Waals surface area contributed by atoms with Crippen LogP contribution in [0.1, 0.15) is 26.2 Å². The van der Waals surface area contributed by atoms with E-state index < -0.39 is 155 Å². The molecule has 316 valence electrons. The molecule has 0 radical (unpaired) electrons. The van der Waals surface area contributed by atoms with Crippen LogP contribution in [0, 0.1) is 0 Å². The van der Waals surface area contributed by atoms with Crippen molar-refractivity contribution in [2.24, 2.45) is 5.73 Å². The summed E-state index contributed by atoms with van der Waals surface area (Å²) < 4.78 is 58.8. The molecule has 54 heavy (non-hydrogen) atoms. The van der Waals surface area contributed by atoms with E-state index in [1.54, 1.807) is 0 Å². The van der Waals surface area contributed by atoms with Gasteiger partial charge in [0.25, 0.3) is 0 Å². The summed E-state index contributed by atoms with van der Waals surface area (Å²) in [6.07, 6.45) is -31.2.